The van der Waals surface area contributed by atoms with E-state index in [1.165, 1.54) is 4.88 Å². The van der Waals surface area contributed by atoms with Gasteiger partial charge in [0.1, 0.15) is 0 Å². The third-order valence-corrected chi connectivity index (χ3v) is 5.44. The Hall–Kier alpha value is -3.12. The molecule has 1 aromatic heterocycles. The van der Waals surface area contributed by atoms with E-state index in [-0.39, 0.29) is 11.9 Å². The lowest BCUT2D eigenvalue weighted by molar-refractivity contribution is 0.0731. The molecule has 28 heavy (non-hydrogen) atoms. The number of hydrogen-bond donors (Lipinski definition) is 2. The van der Waals surface area contributed by atoms with E-state index in [4.69, 9.17) is 0 Å². The zero-order valence-corrected chi connectivity index (χ0v) is 16.1. The topological polar surface area (TPSA) is 61.4 Å². The van der Waals surface area contributed by atoms with Crippen LogP contribution in [-0.4, -0.2) is 22.9 Å². The molecule has 0 atom stereocenters. The number of amides is 3. The Morgan fingerprint density at radius 2 is 1.57 bits per heavy atom. The zero-order chi connectivity index (χ0) is 19.3. The Morgan fingerprint density at radius 3 is 2.18 bits per heavy atom. The normalized spacial score (nSPS) is 13.0. The molecule has 6 heteroatoms. The molecule has 2 aromatic carbocycles. The van der Waals surface area contributed by atoms with Crippen molar-refractivity contribution in [3.05, 3.63) is 82.6 Å². The first-order valence-electron chi connectivity index (χ1n) is 9.25. The summed E-state index contributed by atoms with van der Waals surface area (Å²) in [4.78, 5) is 28.2. The maximum atomic E-state index is 13.0. The lowest BCUT2D eigenvalue weighted by Gasteiger charge is -2.22. The zero-order valence-electron chi connectivity index (χ0n) is 15.3. The molecule has 142 valence electrons. The van der Waals surface area contributed by atoms with Gasteiger partial charge in [-0.2, -0.15) is 0 Å². The standard InChI is InChI=1S/C22H21N3O2S/c26-21(25(19-12-13-19)15-20-7-4-14-28-20)16-8-10-18(11-9-16)24-22(27)23-17-5-2-1-3-6-17/h1-11,14,19H,12-13,15H2,(H2,23,24,27). The van der Waals surface area contributed by atoms with Gasteiger partial charge in [0.15, 0.2) is 0 Å². The molecular weight excluding hydrogens is 370 g/mol. The molecule has 1 aliphatic rings. The number of para-hydroxylation sites is 1. The molecule has 1 saturated carbocycles. The van der Waals surface area contributed by atoms with Gasteiger partial charge in [0.2, 0.25) is 0 Å². The monoisotopic (exact) mass is 391 g/mol. The van der Waals surface area contributed by atoms with Gasteiger partial charge in [-0.3, -0.25) is 4.79 Å². The largest absolute Gasteiger partial charge is 0.331 e. The van der Waals surface area contributed by atoms with Gasteiger partial charge in [-0.15, -0.1) is 11.3 Å². The fourth-order valence-electron chi connectivity index (χ4n) is 3.00. The van der Waals surface area contributed by atoms with Crippen molar-refractivity contribution < 1.29 is 9.59 Å². The Balaban J connectivity index is 1.39. The Morgan fingerprint density at radius 1 is 0.893 bits per heavy atom. The van der Waals surface area contributed by atoms with Crippen LogP contribution in [-0.2, 0) is 6.54 Å². The average molecular weight is 391 g/mol. The number of nitrogens with zero attached hydrogens (tertiary/aromatic N) is 1. The Kier molecular flexibility index (Phi) is 5.39. The molecule has 0 bridgehead atoms. The van der Waals surface area contributed by atoms with Crippen molar-refractivity contribution in [2.24, 2.45) is 0 Å². The van der Waals surface area contributed by atoms with Crippen LogP contribution in [0.1, 0.15) is 28.1 Å². The lowest BCUT2D eigenvalue weighted by Crippen LogP contribution is -2.32. The number of carbonyl (C=O) groups is 2. The van der Waals surface area contributed by atoms with Crippen LogP contribution in [0.3, 0.4) is 0 Å². The minimum Gasteiger partial charge on any atom is -0.331 e. The van der Waals surface area contributed by atoms with Gasteiger partial charge in [-0.05, 0) is 60.7 Å². The Labute approximate surface area is 168 Å². The molecule has 0 spiro atoms. The van der Waals surface area contributed by atoms with Crippen molar-refractivity contribution >= 4 is 34.6 Å². The summed E-state index contributed by atoms with van der Waals surface area (Å²) in [5, 5.41) is 7.59. The minimum absolute atomic E-state index is 0.0381. The van der Waals surface area contributed by atoms with Crippen molar-refractivity contribution in [3.63, 3.8) is 0 Å². The fraction of sp³-hybridized carbons (Fsp3) is 0.182. The van der Waals surface area contributed by atoms with Crippen LogP contribution >= 0.6 is 11.3 Å². The predicted molar refractivity (Wildman–Crippen MR) is 113 cm³/mol. The van der Waals surface area contributed by atoms with Crippen LogP contribution in [0.4, 0.5) is 16.2 Å². The predicted octanol–water partition coefficient (Wildman–Crippen LogP) is 5.20. The van der Waals surface area contributed by atoms with Gasteiger partial charge < -0.3 is 15.5 Å². The summed E-state index contributed by atoms with van der Waals surface area (Å²) in [6.45, 7) is 0.653. The molecule has 3 amide bonds. The van der Waals surface area contributed by atoms with E-state index >= 15 is 0 Å². The number of nitrogens with one attached hydrogen (secondary N) is 2. The van der Waals surface area contributed by atoms with Gasteiger partial charge in [0, 0.05) is 27.9 Å². The van der Waals surface area contributed by atoms with E-state index in [9.17, 15) is 9.59 Å². The van der Waals surface area contributed by atoms with E-state index in [1.54, 1.807) is 35.6 Å². The van der Waals surface area contributed by atoms with Gasteiger partial charge in [0.05, 0.1) is 6.54 Å². The third kappa shape index (κ3) is 4.58. The van der Waals surface area contributed by atoms with Crippen molar-refractivity contribution in [2.45, 2.75) is 25.4 Å². The molecule has 1 fully saturated rings. The van der Waals surface area contributed by atoms with E-state index in [2.05, 4.69) is 16.7 Å². The quantitative estimate of drug-likeness (QED) is 0.607. The summed E-state index contributed by atoms with van der Waals surface area (Å²) in [7, 11) is 0. The minimum atomic E-state index is -0.317. The fourth-order valence-corrected chi connectivity index (χ4v) is 3.70. The van der Waals surface area contributed by atoms with Crippen LogP contribution in [0, 0.1) is 0 Å². The molecule has 1 heterocycles. The maximum Gasteiger partial charge on any atom is 0.323 e. The van der Waals surface area contributed by atoms with Gasteiger partial charge >= 0.3 is 6.03 Å². The Bertz CT molecular complexity index is 936. The smallest absolute Gasteiger partial charge is 0.323 e. The summed E-state index contributed by atoms with van der Waals surface area (Å²) in [5.74, 6) is 0.0381. The highest BCUT2D eigenvalue weighted by Crippen LogP contribution is 2.30. The number of hydrogen-bond acceptors (Lipinski definition) is 3. The number of thiophene rings is 1. The van der Waals surface area contributed by atoms with E-state index < -0.39 is 0 Å². The lowest BCUT2D eigenvalue weighted by atomic mass is 10.1. The summed E-state index contributed by atoms with van der Waals surface area (Å²) in [5.41, 5.74) is 2.00. The van der Waals surface area contributed by atoms with Gasteiger partial charge in [-0.1, -0.05) is 24.3 Å². The number of carbonyl (C=O) groups excluding carboxylic acids is 2. The molecule has 5 nitrogen and oxygen atoms in total. The van der Waals surface area contributed by atoms with Gasteiger partial charge in [0.25, 0.3) is 5.91 Å². The first-order chi connectivity index (χ1) is 13.7. The van der Waals surface area contributed by atoms with Crippen molar-refractivity contribution in [3.8, 4) is 0 Å². The molecule has 1 aliphatic carbocycles. The maximum absolute atomic E-state index is 13.0. The van der Waals surface area contributed by atoms with Crippen LogP contribution in [0.15, 0.2) is 72.1 Å². The number of rotatable bonds is 6. The number of anilines is 2. The van der Waals surface area contributed by atoms with Crippen LogP contribution in [0.2, 0.25) is 0 Å². The molecule has 3 aromatic rings. The van der Waals surface area contributed by atoms with Crippen LogP contribution in [0.5, 0.6) is 0 Å². The summed E-state index contributed by atoms with van der Waals surface area (Å²) >= 11 is 1.67. The average Bonchev–Trinajstić information content (AvgIpc) is 3.42. The third-order valence-electron chi connectivity index (χ3n) is 4.58. The van der Waals surface area contributed by atoms with Crippen molar-refractivity contribution in [1.82, 2.24) is 4.90 Å². The second kappa shape index (κ2) is 8.27. The summed E-state index contributed by atoms with van der Waals surface area (Å²) in [6, 6.07) is 20.4. The molecule has 0 radical (unpaired) electrons. The highest BCUT2D eigenvalue weighted by Gasteiger charge is 2.33. The first-order valence-corrected chi connectivity index (χ1v) is 10.1. The second-order valence-electron chi connectivity index (χ2n) is 6.77. The van der Waals surface area contributed by atoms with Crippen LogP contribution in [0.25, 0.3) is 0 Å². The first kappa shape index (κ1) is 18.3. The van der Waals surface area contributed by atoms with Crippen molar-refractivity contribution in [2.75, 3.05) is 10.6 Å². The van der Waals surface area contributed by atoms with Gasteiger partial charge in [-0.25, -0.2) is 4.79 Å². The highest BCUT2D eigenvalue weighted by molar-refractivity contribution is 7.09. The molecule has 2 N–H and O–H groups in total. The molecule has 4 rings (SSSR count). The summed E-state index contributed by atoms with van der Waals surface area (Å²) in [6.07, 6.45) is 2.13. The molecular formula is C22H21N3O2S. The number of benzene rings is 2. The summed E-state index contributed by atoms with van der Waals surface area (Å²) < 4.78 is 0. The molecule has 0 aliphatic heterocycles. The second-order valence-corrected chi connectivity index (χ2v) is 7.80. The highest BCUT2D eigenvalue weighted by atomic mass is 32.1. The van der Waals surface area contributed by atoms with E-state index in [0.29, 0.717) is 23.8 Å². The van der Waals surface area contributed by atoms with Crippen LogP contribution < -0.4 is 10.6 Å². The number of urea groups is 1. The SMILES string of the molecule is O=C(Nc1ccccc1)Nc1ccc(C(=O)N(Cc2cccs2)C2CC2)cc1. The molecule has 0 saturated heterocycles. The van der Waals surface area contributed by atoms with E-state index in [1.807, 2.05) is 46.7 Å². The van der Waals surface area contributed by atoms with E-state index in [0.717, 1.165) is 18.5 Å². The molecule has 0 unspecified atom stereocenters. The van der Waals surface area contributed by atoms with Crippen molar-refractivity contribution in [1.29, 1.82) is 0 Å².